The summed E-state index contributed by atoms with van der Waals surface area (Å²) in [6.45, 7) is 3.79. The fraction of sp³-hybridized carbons (Fsp3) is 0.269. The molecule has 192 valence electrons. The minimum Gasteiger partial charge on any atom is -0.493 e. The number of hydrogen-bond acceptors (Lipinski definition) is 9. The van der Waals surface area contributed by atoms with Crippen LogP contribution in [-0.4, -0.2) is 38.2 Å². The third-order valence-electron chi connectivity index (χ3n) is 6.02. The highest BCUT2D eigenvalue weighted by Crippen LogP contribution is 2.38. The molecule has 1 atom stereocenters. The second-order valence-electron chi connectivity index (χ2n) is 8.14. The van der Waals surface area contributed by atoms with E-state index in [2.05, 4.69) is 20.9 Å². The zero-order valence-electron chi connectivity index (χ0n) is 20.5. The third kappa shape index (κ3) is 4.42. The molecule has 5 rings (SSSR count). The summed E-state index contributed by atoms with van der Waals surface area (Å²) in [5, 5.41) is 0. The molecule has 37 heavy (non-hydrogen) atoms. The Kier molecular flexibility index (Phi) is 6.82. The molecule has 0 N–H and O–H groups in total. The maximum Gasteiger partial charge on any atom is 0.338 e. The lowest BCUT2D eigenvalue weighted by Crippen LogP contribution is -2.39. The first-order valence-electron chi connectivity index (χ1n) is 11.4. The van der Waals surface area contributed by atoms with Gasteiger partial charge in [0, 0.05) is 4.47 Å². The quantitative estimate of drug-likeness (QED) is 0.409. The smallest absolute Gasteiger partial charge is 0.338 e. The van der Waals surface area contributed by atoms with E-state index < -0.39 is 12.0 Å². The van der Waals surface area contributed by atoms with Crippen molar-refractivity contribution in [2.75, 3.05) is 27.6 Å². The zero-order chi connectivity index (χ0) is 26.3. The van der Waals surface area contributed by atoms with Crippen LogP contribution in [0, 0.1) is 0 Å². The van der Waals surface area contributed by atoms with Gasteiger partial charge in [0.25, 0.3) is 5.56 Å². The summed E-state index contributed by atoms with van der Waals surface area (Å²) in [6, 6.07) is 8.18. The number of thiazole rings is 1. The molecule has 0 radical (unpaired) electrons. The molecule has 3 heterocycles. The van der Waals surface area contributed by atoms with Crippen molar-refractivity contribution in [1.82, 2.24) is 4.57 Å². The molecule has 2 aliphatic heterocycles. The van der Waals surface area contributed by atoms with Gasteiger partial charge in [-0.05, 0) is 55.3 Å². The predicted octanol–water partition coefficient (Wildman–Crippen LogP) is 3.31. The number of rotatable bonds is 6. The lowest BCUT2D eigenvalue weighted by Gasteiger charge is -2.24. The molecule has 0 spiro atoms. The number of carbonyl (C=O) groups excluding carboxylic acids is 1. The largest absolute Gasteiger partial charge is 0.493 e. The fourth-order valence-electron chi connectivity index (χ4n) is 4.31. The second-order valence-corrected chi connectivity index (χ2v) is 10.0. The number of esters is 1. The van der Waals surface area contributed by atoms with E-state index in [9.17, 15) is 9.59 Å². The Morgan fingerprint density at radius 1 is 1.19 bits per heavy atom. The number of ether oxygens (including phenoxy) is 5. The maximum absolute atomic E-state index is 13.8. The van der Waals surface area contributed by atoms with Crippen molar-refractivity contribution < 1.29 is 28.5 Å². The van der Waals surface area contributed by atoms with E-state index in [1.54, 1.807) is 58.4 Å². The lowest BCUT2D eigenvalue weighted by atomic mass is 9.95. The van der Waals surface area contributed by atoms with Gasteiger partial charge in [-0.1, -0.05) is 33.3 Å². The summed E-state index contributed by atoms with van der Waals surface area (Å²) in [5.74, 6) is 1.72. The normalized spacial score (nSPS) is 16.4. The molecule has 1 unspecified atom stereocenters. The van der Waals surface area contributed by atoms with Gasteiger partial charge < -0.3 is 23.7 Å². The lowest BCUT2D eigenvalue weighted by molar-refractivity contribution is -0.139. The van der Waals surface area contributed by atoms with E-state index in [0.29, 0.717) is 49.2 Å². The Morgan fingerprint density at radius 3 is 2.65 bits per heavy atom. The summed E-state index contributed by atoms with van der Waals surface area (Å²) in [4.78, 5) is 32.0. The van der Waals surface area contributed by atoms with Crippen LogP contribution in [-0.2, 0) is 9.53 Å². The molecule has 11 heteroatoms. The average Bonchev–Trinajstić information content (AvgIpc) is 3.47. The number of aromatic nitrogens is 1. The van der Waals surface area contributed by atoms with Crippen LogP contribution in [0.3, 0.4) is 0 Å². The van der Waals surface area contributed by atoms with Gasteiger partial charge in [-0.15, -0.1) is 0 Å². The molecule has 0 saturated heterocycles. The molecule has 1 aromatic heterocycles. The Morgan fingerprint density at radius 2 is 1.92 bits per heavy atom. The van der Waals surface area contributed by atoms with Crippen LogP contribution < -0.4 is 33.8 Å². The van der Waals surface area contributed by atoms with Crippen molar-refractivity contribution in [2.24, 2.45) is 4.99 Å². The summed E-state index contributed by atoms with van der Waals surface area (Å²) in [6.07, 6.45) is 1.76. The predicted molar refractivity (Wildman–Crippen MR) is 140 cm³/mol. The molecule has 0 saturated carbocycles. The Labute approximate surface area is 224 Å². The minimum atomic E-state index is -0.749. The number of nitrogens with zero attached hydrogens (tertiary/aromatic N) is 2. The molecule has 0 aliphatic carbocycles. The highest BCUT2D eigenvalue weighted by molar-refractivity contribution is 9.10. The number of carbonyl (C=O) groups is 1. The number of benzene rings is 2. The summed E-state index contributed by atoms with van der Waals surface area (Å²) < 4.78 is 29.8. The first-order chi connectivity index (χ1) is 17.9. The molecule has 9 nitrogen and oxygen atoms in total. The number of allylic oxidation sites excluding steroid dienone is 1. The van der Waals surface area contributed by atoms with Crippen LogP contribution in [0.5, 0.6) is 23.0 Å². The summed E-state index contributed by atoms with van der Waals surface area (Å²) >= 11 is 4.78. The first-order valence-corrected chi connectivity index (χ1v) is 13.0. The third-order valence-corrected chi connectivity index (χ3v) is 7.69. The van der Waals surface area contributed by atoms with Gasteiger partial charge in [0.15, 0.2) is 27.8 Å². The zero-order valence-corrected chi connectivity index (χ0v) is 22.9. The van der Waals surface area contributed by atoms with E-state index in [1.165, 1.54) is 15.9 Å². The number of methoxy groups -OCH3 is 2. The van der Waals surface area contributed by atoms with Gasteiger partial charge in [-0.25, -0.2) is 9.79 Å². The first kappa shape index (κ1) is 25.1. The highest BCUT2D eigenvalue weighted by Gasteiger charge is 2.34. The SMILES string of the molecule is CCOC(=O)C1=C(C)N=c2s/c(=C/c3cc(OC)c(OC)cc3Br)c(=O)n2C1c1ccc2c(c1)OCO2. The van der Waals surface area contributed by atoms with E-state index >= 15 is 0 Å². The van der Waals surface area contributed by atoms with Crippen molar-refractivity contribution in [2.45, 2.75) is 19.9 Å². The van der Waals surface area contributed by atoms with Crippen molar-refractivity contribution in [3.05, 3.63) is 76.9 Å². The van der Waals surface area contributed by atoms with Crippen LogP contribution in [0.15, 0.2) is 55.9 Å². The van der Waals surface area contributed by atoms with E-state index in [-0.39, 0.29) is 19.0 Å². The van der Waals surface area contributed by atoms with Crippen molar-refractivity contribution in [3.63, 3.8) is 0 Å². The van der Waals surface area contributed by atoms with Gasteiger partial charge in [0.1, 0.15) is 0 Å². The molecule has 0 fully saturated rings. The van der Waals surface area contributed by atoms with Gasteiger partial charge in [0.05, 0.1) is 42.7 Å². The molecular weight excluding hydrogens is 564 g/mol. The number of fused-ring (bicyclic) bond motifs is 2. The average molecular weight is 587 g/mol. The Bertz CT molecular complexity index is 1620. The fourth-order valence-corrected chi connectivity index (χ4v) is 5.79. The van der Waals surface area contributed by atoms with Crippen LogP contribution in [0.25, 0.3) is 6.08 Å². The van der Waals surface area contributed by atoms with Crippen LogP contribution in [0.2, 0.25) is 0 Å². The van der Waals surface area contributed by atoms with E-state index in [1.807, 2.05) is 6.07 Å². The number of halogens is 1. The van der Waals surface area contributed by atoms with Gasteiger partial charge in [-0.3, -0.25) is 9.36 Å². The summed E-state index contributed by atoms with van der Waals surface area (Å²) in [7, 11) is 3.11. The summed E-state index contributed by atoms with van der Waals surface area (Å²) in [5.41, 5.74) is 1.90. The second kappa shape index (κ2) is 10.1. The van der Waals surface area contributed by atoms with E-state index in [0.717, 1.165) is 10.0 Å². The maximum atomic E-state index is 13.8. The van der Waals surface area contributed by atoms with Gasteiger partial charge in [0.2, 0.25) is 6.79 Å². The van der Waals surface area contributed by atoms with Crippen molar-refractivity contribution >= 4 is 39.3 Å². The molecule has 2 aliphatic rings. The topological polar surface area (TPSA) is 97.6 Å². The Hall–Kier alpha value is -3.57. The molecule has 2 aromatic carbocycles. The standard InChI is InChI=1S/C26H23BrN2O7S/c1-5-34-25(31)22-13(2)28-26-29(23(22)14-6-7-17-20(8-14)36-12-35-17)24(30)21(37-26)10-15-9-18(32-3)19(33-4)11-16(15)27/h6-11,23H,5,12H2,1-4H3/b21-10+. The van der Waals surface area contributed by atoms with Crippen molar-refractivity contribution in [3.8, 4) is 23.0 Å². The molecule has 3 aromatic rings. The van der Waals surface area contributed by atoms with E-state index in [4.69, 9.17) is 23.7 Å². The van der Waals surface area contributed by atoms with Crippen LogP contribution in [0.1, 0.15) is 31.0 Å². The van der Waals surface area contributed by atoms with Gasteiger partial charge in [-0.2, -0.15) is 0 Å². The van der Waals surface area contributed by atoms with Crippen LogP contribution in [0.4, 0.5) is 0 Å². The highest BCUT2D eigenvalue weighted by atomic mass is 79.9. The van der Waals surface area contributed by atoms with Gasteiger partial charge >= 0.3 is 5.97 Å². The van der Waals surface area contributed by atoms with Crippen molar-refractivity contribution in [1.29, 1.82) is 0 Å². The Balaban J connectivity index is 1.72. The minimum absolute atomic E-state index is 0.112. The van der Waals surface area contributed by atoms with Crippen LogP contribution >= 0.6 is 27.3 Å². The molecule has 0 bridgehead atoms. The monoisotopic (exact) mass is 586 g/mol. The number of hydrogen-bond donors (Lipinski definition) is 0. The molecular formula is C26H23BrN2O7S. The molecule has 0 amide bonds.